The topological polar surface area (TPSA) is 38.9 Å². The molecule has 0 radical (unpaired) electrons. The average molecular weight is 291 g/mol. The highest BCUT2D eigenvalue weighted by Crippen LogP contribution is 2.31. The zero-order valence-electron chi connectivity index (χ0n) is 7.91. The molecule has 0 saturated carbocycles. The maximum atomic E-state index is 13.2. The van der Waals surface area contributed by atoms with E-state index in [1.807, 2.05) is 6.92 Å². The van der Waals surface area contributed by atoms with Crippen LogP contribution in [0.5, 0.6) is 0 Å². The summed E-state index contributed by atoms with van der Waals surface area (Å²) in [5, 5.41) is 9.33. The second kappa shape index (κ2) is 4.40. The molecule has 0 saturated heterocycles. The van der Waals surface area contributed by atoms with Gasteiger partial charge in [-0.25, -0.2) is 4.39 Å². The van der Waals surface area contributed by atoms with Crippen LogP contribution in [0.15, 0.2) is 15.9 Å². The molecular formula is C9H8BrFN2OS. The fourth-order valence-corrected chi connectivity index (χ4v) is 1.95. The van der Waals surface area contributed by atoms with Gasteiger partial charge in [-0.3, -0.25) is 0 Å². The van der Waals surface area contributed by atoms with Crippen LogP contribution in [0.1, 0.15) is 24.1 Å². The van der Waals surface area contributed by atoms with Gasteiger partial charge in [-0.1, -0.05) is 22.9 Å². The predicted octanol–water partition coefficient (Wildman–Crippen LogP) is 3.78. The van der Waals surface area contributed by atoms with E-state index in [1.165, 1.54) is 17.4 Å². The fourth-order valence-electron chi connectivity index (χ4n) is 1.07. The minimum Gasteiger partial charge on any atom is -0.419 e. The summed E-state index contributed by atoms with van der Waals surface area (Å²) in [6, 6.07) is 1.38. The molecule has 0 aliphatic carbocycles. The Balaban J connectivity index is 2.32. The molecule has 2 aromatic heterocycles. The Morgan fingerprint density at radius 2 is 2.40 bits per heavy atom. The molecule has 3 nitrogen and oxygen atoms in total. The normalized spacial score (nSPS) is 13.0. The number of thiophene rings is 1. The van der Waals surface area contributed by atoms with Crippen molar-refractivity contribution >= 4 is 27.3 Å². The lowest BCUT2D eigenvalue weighted by molar-refractivity contribution is 0.498. The second-order valence-electron chi connectivity index (χ2n) is 2.92. The van der Waals surface area contributed by atoms with Crippen LogP contribution >= 0.6 is 27.3 Å². The molecule has 0 amide bonds. The summed E-state index contributed by atoms with van der Waals surface area (Å²) in [6.07, 6.45) is 0.842. The van der Waals surface area contributed by atoms with Crippen molar-refractivity contribution < 1.29 is 8.81 Å². The van der Waals surface area contributed by atoms with Gasteiger partial charge in [0.15, 0.2) is 0 Å². The standard InChI is InChI=1S/C9H8BrFN2OS/c1-2-5(10)8-12-13-9(14-8)7-6(11)3-4-15-7/h3-5H,2H2,1H3. The number of alkyl halides is 1. The molecule has 0 bridgehead atoms. The first kappa shape index (κ1) is 10.8. The van der Waals surface area contributed by atoms with Gasteiger partial charge in [-0.2, -0.15) is 0 Å². The van der Waals surface area contributed by atoms with E-state index in [1.54, 1.807) is 5.38 Å². The van der Waals surface area contributed by atoms with E-state index in [9.17, 15) is 4.39 Å². The molecule has 0 aromatic carbocycles. The van der Waals surface area contributed by atoms with Crippen LogP contribution < -0.4 is 0 Å². The van der Waals surface area contributed by atoms with Crippen molar-refractivity contribution in [3.05, 3.63) is 23.2 Å². The summed E-state index contributed by atoms with van der Waals surface area (Å²) in [6.45, 7) is 2.00. The van der Waals surface area contributed by atoms with E-state index in [2.05, 4.69) is 26.1 Å². The van der Waals surface area contributed by atoms with Crippen molar-refractivity contribution in [2.75, 3.05) is 0 Å². The van der Waals surface area contributed by atoms with Gasteiger partial charge in [-0.15, -0.1) is 21.5 Å². The highest BCUT2D eigenvalue weighted by atomic mass is 79.9. The lowest BCUT2D eigenvalue weighted by Crippen LogP contribution is -1.86. The summed E-state index contributed by atoms with van der Waals surface area (Å²) in [5.41, 5.74) is 0. The maximum Gasteiger partial charge on any atom is 0.260 e. The molecule has 2 heterocycles. The third-order valence-electron chi connectivity index (χ3n) is 1.88. The van der Waals surface area contributed by atoms with Gasteiger partial charge in [0.05, 0.1) is 4.83 Å². The zero-order valence-corrected chi connectivity index (χ0v) is 10.3. The number of hydrogen-bond donors (Lipinski definition) is 0. The minimum atomic E-state index is -0.321. The average Bonchev–Trinajstić information content (AvgIpc) is 2.84. The van der Waals surface area contributed by atoms with Crippen molar-refractivity contribution in [2.24, 2.45) is 0 Å². The minimum absolute atomic E-state index is 0.0294. The van der Waals surface area contributed by atoms with Crippen LogP contribution in [0.4, 0.5) is 4.39 Å². The Hall–Kier alpha value is -0.750. The van der Waals surface area contributed by atoms with Gasteiger partial charge >= 0.3 is 0 Å². The Morgan fingerprint density at radius 3 is 3.00 bits per heavy atom. The molecule has 1 unspecified atom stereocenters. The number of hydrogen-bond acceptors (Lipinski definition) is 4. The molecule has 1 atom stereocenters. The van der Waals surface area contributed by atoms with E-state index in [0.717, 1.165) is 6.42 Å². The molecular weight excluding hydrogens is 283 g/mol. The van der Waals surface area contributed by atoms with Crippen LogP contribution in [-0.4, -0.2) is 10.2 Å². The SMILES string of the molecule is CCC(Br)c1nnc(-c2sccc2F)o1. The van der Waals surface area contributed by atoms with Crippen LogP contribution in [0, 0.1) is 5.82 Å². The molecule has 0 fully saturated rings. The number of rotatable bonds is 3. The second-order valence-corrected chi connectivity index (χ2v) is 4.94. The number of nitrogens with zero attached hydrogens (tertiary/aromatic N) is 2. The van der Waals surface area contributed by atoms with Crippen molar-refractivity contribution in [1.29, 1.82) is 0 Å². The molecule has 0 spiro atoms. The molecule has 2 rings (SSSR count). The maximum absolute atomic E-state index is 13.2. The highest BCUT2D eigenvalue weighted by molar-refractivity contribution is 9.09. The molecule has 2 aromatic rings. The lowest BCUT2D eigenvalue weighted by atomic mass is 10.3. The molecule has 15 heavy (non-hydrogen) atoms. The monoisotopic (exact) mass is 290 g/mol. The van der Waals surface area contributed by atoms with Gasteiger partial charge in [0.2, 0.25) is 5.89 Å². The van der Waals surface area contributed by atoms with Crippen molar-refractivity contribution in [1.82, 2.24) is 10.2 Å². The molecule has 0 N–H and O–H groups in total. The summed E-state index contributed by atoms with van der Waals surface area (Å²) in [7, 11) is 0. The summed E-state index contributed by atoms with van der Waals surface area (Å²) < 4.78 is 18.6. The first-order valence-electron chi connectivity index (χ1n) is 4.43. The first-order valence-corrected chi connectivity index (χ1v) is 6.22. The van der Waals surface area contributed by atoms with Crippen LogP contribution in [0.2, 0.25) is 0 Å². The summed E-state index contributed by atoms with van der Waals surface area (Å²) in [5.74, 6) is 0.411. The zero-order chi connectivity index (χ0) is 10.8. The third kappa shape index (κ3) is 2.10. The van der Waals surface area contributed by atoms with Gasteiger partial charge in [0.1, 0.15) is 10.7 Å². The Bertz CT molecular complexity index is 456. The van der Waals surface area contributed by atoms with Crippen LogP contribution in [-0.2, 0) is 0 Å². The first-order chi connectivity index (χ1) is 7.22. The molecule has 0 aliphatic rings. The smallest absolute Gasteiger partial charge is 0.260 e. The molecule has 0 aliphatic heterocycles. The van der Waals surface area contributed by atoms with Gasteiger partial charge < -0.3 is 4.42 Å². The highest BCUT2D eigenvalue weighted by Gasteiger charge is 2.17. The Morgan fingerprint density at radius 1 is 1.60 bits per heavy atom. The third-order valence-corrected chi connectivity index (χ3v) is 3.80. The Labute approximate surface area is 98.5 Å². The van der Waals surface area contributed by atoms with Gasteiger partial charge in [-0.05, 0) is 17.9 Å². The number of aromatic nitrogens is 2. The molecule has 6 heteroatoms. The lowest BCUT2D eigenvalue weighted by Gasteiger charge is -1.97. The fraction of sp³-hybridized carbons (Fsp3) is 0.333. The van der Waals surface area contributed by atoms with Crippen LogP contribution in [0.3, 0.4) is 0 Å². The summed E-state index contributed by atoms with van der Waals surface area (Å²) in [4.78, 5) is 0.423. The quantitative estimate of drug-likeness (QED) is 0.808. The Kier molecular flexibility index (Phi) is 3.16. The van der Waals surface area contributed by atoms with Crippen molar-refractivity contribution in [3.63, 3.8) is 0 Å². The van der Waals surface area contributed by atoms with E-state index in [4.69, 9.17) is 4.42 Å². The van der Waals surface area contributed by atoms with Gasteiger partial charge in [0, 0.05) is 0 Å². The summed E-state index contributed by atoms with van der Waals surface area (Å²) >= 11 is 4.64. The van der Waals surface area contributed by atoms with E-state index in [0.29, 0.717) is 10.8 Å². The van der Waals surface area contributed by atoms with Crippen molar-refractivity contribution in [3.8, 4) is 10.8 Å². The number of halogens is 2. The van der Waals surface area contributed by atoms with Gasteiger partial charge in [0.25, 0.3) is 5.89 Å². The van der Waals surface area contributed by atoms with E-state index >= 15 is 0 Å². The van der Waals surface area contributed by atoms with Crippen LogP contribution in [0.25, 0.3) is 10.8 Å². The largest absolute Gasteiger partial charge is 0.419 e. The van der Waals surface area contributed by atoms with Crippen molar-refractivity contribution in [2.45, 2.75) is 18.2 Å². The van der Waals surface area contributed by atoms with E-state index < -0.39 is 0 Å². The molecule has 80 valence electrons. The van der Waals surface area contributed by atoms with E-state index in [-0.39, 0.29) is 16.5 Å². The predicted molar refractivity (Wildman–Crippen MR) is 59.5 cm³/mol.